The first kappa shape index (κ1) is 17.4. The summed E-state index contributed by atoms with van der Waals surface area (Å²) in [4.78, 5) is 24.9. The molecule has 0 fully saturated rings. The van der Waals surface area contributed by atoms with Gasteiger partial charge in [-0.15, -0.1) is 0 Å². The van der Waals surface area contributed by atoms with Crippen molar-refractivity contribution in [3.63, 3.8) is 0 Å². The van der Waals surface area contributed by atoms with Crippen molar-refractivity contribution in [1.29, 1.82) is 0 Å². The van der Waals surface area contributed by atoms with Crippen LogP contribution in [0.2, 0.25) is 0 Å². The van der Waals surface area contributed by atoms with Crippen LogP contribution in [0, 0.1) is 0 Å². The highest BCUT2D eigenvalue weighted by molar-refractivity contribution is 6.06. The van der Waals surface area contributed by atoms with Crippen LogP contribution in [-0.2, 0) is 0 Å². The number of anilines is 2. The van der Waals surface area contributed by atoms with E-state index in [2.05, 4.69) is 20.3 Å². The third-order valence-electron chi connectivity index (χ3n) is 4.37. The summed E-state index contributed by atoms with van der Waals surface area (Å²) in [7, 11) is 1.59. The Kier molecular flexibility index (Phi) is 4.55. The van der Waals surface area contributed by atoms with Crippen molar-refractivity contribution in [2.24, 2.45) is 0 Å². The minimum absolute atomic E-state index is 0.229. The lowest BCUT2D eigenvalue weighted by molar-refractivity contribution is 0.102. The zero-order valence-corrected chi connectivity index (χ0v) is 15.1. The lowest BCUT2D eigenvalue weighted by Gasteiger charge is -2.12. The SMILES string of the molecule is COc1ccc(-c2ccc(C(=O)Nc3ccccn3)cc2)c2c(N)ncnc12. The first-order valence-electron chi connectivity index (χ1n) is 8.57. The number of carbonyl (C=O) groups is 1. The highest BCUT2D eigenvalue weighted by atomic mass is 16.5. The summed E-state index contributed by atoms with van der Waals surface area (Å²) in [6, 6.07) is 16.3. The van der Waals surface area contributed by atoms with Crippen molar-refractivity contribution in [1.82, 2.24) is 15.0 Å². The van der Waals surface area contributed by atoms with Gasteiger partial charge in [-0.3, -0.25) is 4.79 Å². The highest BCUT2D eigenvalue weighted by Crippen LogP contribution is 2.35. The Balaban J connectivity index is 1.69. The Bertz CT molecular complexity index is 1140. The molecule has 0 aliphatic rings. The van der Waals surface area contributed by atoms with Gasteiger partial charge in [-0.1, -0.05) is 18.2 Å². The monoisotopic (exact) mass is 371 g/mol. The number of nitrogen functional groups attached to an aromatic ring is 1. The summed E-state index contributed by atoms with van der Waals surface area (Å²) < 4.78 is 5.38. The largest absolute Gasteiger partial charge is 0.494 e. The molecular weight excluding hydrogens is 354 g/mol. The lowest BCUT2D eigenvalue weighted by Crippen LogP contribution is -2.12. The number of nitrogens with one attached hydrogen (secondary N) is 1. The molecule has 138 valence electrons. The van der Waals surface area contributed by atoms with E-state index in [0.717, 1.165) is 11.1 Å². The van der Waals surface area contributed by atoms with Gasteiger partial charge in [0.05, 0.1) is 12.5 Å². The average Bonchev–Trinajstić information content (AvgIpc) is 2.74. The van der Waals surface area contributed by atoms with Crippen LogP contribution in [0.25, 0.3) is 22.0 Å². The third kappa shape index (κ3) is 3.21. The van der Waals surface area contributed by atoms with Crippen LogP contribution < -0.4 is 15.8 Å². The van der Waals surface area contributed by atoms with Crippen molar-refractivity contribution < 1.29 is 9.53 Å². The van der Waals surface area contributed by atoms with Gasteiger partial charge in [-0.05, 0) is 47.5 Å². The molecule has 0 saturated heterocycles. The fraction of sp³-hybridized carbons (Fsp3) is 0.0476. The lowest BCUT2D eigenvalue weighted by atomic mass is 9.99. The number of hydrogen-bond acceptors (Lipinski definition) is 6. The number of nitrogens with two attached hydrogens (primary N) is 1. The smallest absolute Gasteiger partial charge is 0.256 e. The number of fused-ring (bicyclic) bond motifs is 1. The molecule has 0 unspecified atom stereocenters. The molecule has 2 aromatic carbocycles. The molecule has 7 heteroatoms. The number of hydrogen-bond donors (Lipinski definition) is 2. The fourth-order valence-corrected chi connectivity index (χ4v) is 3.00. The summed E-state index contributed by atoms with van der Waals surface area (Å²) in [5, 5.41) is 3.48. The van der Waals surface area contributed by atoms with E-state index >= 15 is 0 Å². The number of ether oxygens (including phenoxy) is 1. The van der Waals surface area contributed by atoms with Gasteiger partial charge in [0.1, 0.15) is 29.2 Å². The molecule has 28 heavy (non-hydrogen) atoms. The maximum atomic E-state index is 12.4. The summed E-state index contributed by atoms with van der Waals surface area (Å²) >= 11 is 0. The van der Waals surface area contributed by atoms with Crippen molar-refractivity contribution in [3.8, 4) is 16.9 Å². The van der Waals surface area contributed by atoms with Gasteiger partial charge in [0.15, 0.2) is 0 Å². The Morgan fingerprint density at radius 3 is 2.54 bits per heavy atom. The molecule has 4 aromatic rings. The van der Waals surface area contributed by atoms with Gasteiger partial charge in [0.25, 0.3) is 5.91 Å². The molecular formula is C21H17N5O2. The van der Waals surface area contributed by atoms with Crippen LogP contribution in [0.4, 0.5) is 11.6 Å². The van der Waals surface area contributed by atoms with Crippen LogP contribution >= 0.6 is 0 Å². The second-order valence-corrected chi connectivity index (χ2v) is 6.04. The van der Waals surface area contributed by atoms with Crippen LogP contribution in [0.15, 0.2) is 67.1 Å². The van der Waals surface area contributed by atoms with E-state index in [1.165, 1.54) is 6.33 Å². The number of carbonyl (C=O) groups excluding carboxylic acids is 1. The predicted molar refractivity (Wildman–Crippen MR) is 108 cm³/mol. The topological polar surface area (TPSA) is 103 Å². The minimum atomic E-state index is -0.229. The highest BCUT2D eigenvalue weighted by Gasteiger charge is 2.14. The second kappa shape index (κ2) is 7.32. The second-order valence-electron chi connectivity index (χ2n) is 6.04. The Morgan fingerprint density at radius 1 is 1.00 bits per heavy atom. The third-order valence-corrected chi connectivity index (χ3v) is 4.37. The number of pyridine rings is 1. The van der Waals surface area contributed by atoms with Crippen LogP contribution in [0.5, 0.6) is 5.75 Å². The van der Waals surface area contributed by atoms with Gasteiger partial charge >= 0.3 is 0 Å². The average molecular weight is 371 g/mol. The van der Waals surface area contributed by atoms with Crippen molar-refractivity contribution in [2.75, 3.05) is 18.2 Å². The number of aromatic nitrogens is 3. The molecule has 4 rings (SSSR count). The van der Waals surface area contributed by atoms with Crippen molar-refractivity contribution in [2.45, 2.75) is 0 Å². The minimum Gasteiger partial charge on any atom is -0.494 e. The summed E-state index contributed by atoms with van der Waals surface area (Å²) in [6.45, 7) is 0. The first-order chi connectivity index (χ1) is 13.7. The number of methoxy groups -OCH3 is 1. The molecule has 0 aliphatic heterocycles. The van der Waals surface area contributed by atoms with Gasteiger partial charge < -0.3 is 15.8 Å². The molecule has 0 bridgehead atoms. The van der Waals surface area contributed by atoms with E-state index in [9.17, 15) is 4.79 Å². The zero-order chi connectivity index (χ0) is 19.5. The molecule has 1 amide bonds. The Labute approximate surface area is 161 Å². The van der Waals surface area contributed by atoms with E-state index in [1.807, 2.05) is 30.3 Å². The van der Waals surface area contributed by atoms with E-state index in [0.29, 0.717) is 33.9 Å². The molecule has 0 spiro atoms. The molecule has 0 aliphatic carbocycles. The van der Waals surface area contributed by atoms with Crippen LogP contribution in [-0.4, -0.2) is 28.0 Å². The van der Waals surface area contributed by atoms with Crippen molar-refractivity contribution in [3.05, 3.63) is 72.7 Å². The number of benzene rings is 2. The summed E-state index contributed by atoms with van der Waals surface area (Å²) in [5.74, 6) is 1.27. The van der Waals surface area contributed by atoms with E-state index in [1.54, 1.807) is 37.6 Å². The number of amides is 1. The standard InChI is InChI=1S/C21H17N5O2/c1-28-16-10-9-15(18-19(16)24-12-25-20(18)22)13-5-7-14(8-6-13)21(27)26-17-4-2-3-11-23-17/h2-12H,1H3,(H2,22,24,25)(H,23,26,27). The molecule has 7 nitrogen and oxygen atoms in total. The number of rotatable bonds is 4. The first-order valence-corrected chi connectivity index (χ1v) is 8.57. The van der Waals surface area contributed by atoms with Crippen LogP contribution in [0.1, 0.15) is 10.4 Å². The van der Waals surface area contributed by atoms with E-state index in [-0.39, 0.29) is 5.91 Å². The van der Waals surface area contributed by atoms with Gasteiger partial charge in [0, 0.05) is 11.8 Å². The maximum absolute atomic E-state index is 12.4. The molecule has 0 atom stereocenters. The van der Waals surface area contributed by atoms with E-state index < -0.39 is 0 Å². The van der Waals surface area contributed by atoms with Gasteiger partial charge in [-0.25, -0.2) is 15.0 Å². The summed E-state index contributed by atoms with van der Waals surface area (Å²) in [5.41, 5.74) is 9.03. The molecule has 3 N–H and O–H groups in total. The fourth-order valence-electron chi connectivity index (χ4n) is 3.00. The Morgan fingerprint density at radius 2 is 1.82 bits per heavy atom. The molecule has 0 radical (unpaired) electrons. The Hall–Kier alpha value is -4.00. The zero-order valence-electron chi connectivity index (χ0n) is 15.1. The molecule has 2 aromatic heterocycles. The predicted octanol–water partition coefficient (Wildman–Crippen LogP) is 3.53. The summed E-state index contributed by atoms with van der Waals surface area (Å²) in [6.07, 6.45) is 3.04. The van der Waals surface area contributed by atoms with E-state index in [4.69, 9.17) is 10.5 Å². The van der Waals surface area contributed by atoms with Crippen LogP contribution in [0.3, 0.4) is 0 Å². The maximum Gasteiger partial charge on any atom is 0.256 e. The van der Waals surface area contributed by atoms with Crippen molar-refractivity contribution >= 4 is 28.4 Å². The van der Waals surface area contributed by atoms with Gasteiger partial charge in [0.2, 0.25) is 0 Å². The normalized spacial score (nSPS) is 10.6. The molecule has 0 saturated carbocycles. The number of nitrogens with zero attached hydrogens (tertiary/aromatic N) is 3. The molecule has 2 heterocycles. The van der Waals surface area contributed by atoms with Gasteiger partial charge in [-0.2, -0.15) is 0 Å². The quantitative estimate of drug-likeness (QED) is 0.569.